The van der Waals surface area contributed by atoms with Crippen LogP contribution in [0, 0.1) is 18.7 Å². The highest BCUT2D eigenvalue weighted by Crippen LogP contribution is 2.27. The van der Waals surface area contributed by atoms with Crippen molar-refractivity contribution in [2.45, 2.75) is 44.7 Å². The van der Waals surface area contributed by atoms with Crippen molar-refractivity contribution in [3.8, 4) is 0 Å². The molecule has 4 aromatic carbocycles. The molecule has 0 saturated heterocycles. The average molecular weight is 616 g/mol. The fraction of sp³-hybridized carbons (Fsp3) is 0.257. The van der Waals surface area contributed by atoms with Crippen molar-refractivity contribution in [2.75, 3.05) is 17.4 Å². The van der Waals surface area contributed by atoms with Gasteiger partial charge in [0.1, 0.15) is 18.4 Å². The first-order chi connectivity index (χ1) is 21.1. The van der Waals surface area contributed by atoms with Crippen LogP contribution in [0.3, 0.4) is 0 Å². The van der Waals surface area contributed by atoms with Gasteiger partial charge in [-0.05, 0) is 48.2 Å². The van der Waals surface area contributed by atoms with Gasteiger partial charge in [-0.2, -0.15) is 0 Å². The zero-order valence-electron chi connectivity index (χ0n) is 25.2. The van der Waals surface area contributed by atoms with Crippen LogP contribution in [-0.4, -0.2) is 44.3 Å². The van der Waals surface area contributed by atoms with E-state index in [-0.39, 0.29) is 35.4 Å². The molecule has 44 heavy (non-hydrogen) atoms. The number of benzene rings is 4. The molecule has 7 nitrogen and oxygen atoms in total. The molecular weight excluding hydrogens is 577 g/mol. The SMILES string of the molecule is Cc1ccc(S(=O)(=O)N(CC(=O)N(Cc2ccccc2)[C@@H](Cc2ccccc2)C(=O)NCC(C)C)c2ccccc2F)cc1. The fourth-order valence-electron chi connectivity index (χ4n) is 4.76. The minimum absolute atomic E-state index is 0.0436. The quantitative estimate of drug-likeness (QED) is 0.208. The van der Waals surface area contributed by atoms with Crippen molar-refractivity contribution >= 4 is 27.5 Å². The van der Waals surface area contributed by atoms with Crippen LogP contribution in [0.5, 0.6) is 0 Å². The zero-order chi connectivity index (χ0) is 31.7. The first-order valence-electron chi connectivity index (χ1n) is 14.5. The molecule has 0 aliphatic rings. The standard InChI is InChI=1S/C35H38FN3O4S/c1-26(2)23-37-35(41)33(22-28-12-6-4-7-13-28)38(24-29-14-8-5-9-15-29)34(40)25-39(32-17-11-10-16-31(32)36)44(42,43)30-20-18-27(3)19-21-30/h4-21,26,33H,22-25H2,1-3H3,(H,37,41)/t33-/m0/s1. The van der Waals surface area contributed by atoms with E-state index >= 15 is 4.39 Å². The molecule has 1 N–H and O–H groups in total. The van der Waals surface area contributed by atoms with E-state index in [4.69, 9.17) is 0 Å². The molecule has 0 bridgehead atoms. The third kappa shape index (κ3) is 8.32. The summed E-state index contributed by atoms with van der Waals surface area (Å²) in [6, 6.07) is 29.1. The van der Waals surface area contributed by atoms with Gasteiger partial charge in [0.05, 0.1) is 10.6 Å². The maximum Gasteiger partial charge on any atom is 0.264 e. The maximum atomic E-state index is 15.2. The van der Waals surface area contributed by atoms with Crippen molar-refractivity contribution < 1.29 is 22.4 Å². The molecule has 0 radical (unpaired) electrons. The van der Waals surface area contributed by atoms with Gasteiger partial charge >= 0.3 is 0 Å². The summed E-state index contributed by atoms with van der Waals surface area (Å²) in [6.45, 7) is 5.51. The number of sulfonamides is 1. The molecule has 0 aliphatic heterocycles. The summed E-state index contributed by atoms with van der Waals surface area (Å²) in [5.74, 6) is -1.62. The minimum Gasteiger partial charge on any atom is -0.354 e. The number of aryl methyl sites for hydroxylation is 1. The first-order valence-corrected chi connectivity index (χ1v) is 16.0. The molecule has 2 amide bonds. The number of anilines is 1. The zero-order valence-corrected chi connectivity index (χ0v) is 26.0. The van der Waals surface area contributed by atoms with Crippen LogP contribution in [0.4, 0.5) is 10.1 Å². The second-order valence-electron chi connectivity index (χ2n) is 11.1. The molecule has 0 aliphatic carbocycles. The van der Waals surface area contributed by atoms with Gasteiger partial charge in [0, 0.05) is 19.5 Å². The lowest BCUT2D eigenvalue weighted by molar-refractivity contribution is -0.140. The molecule has 1 atom stereocenters. The van der Waals surface area contributed by atoms with Gasteiger partial charge in [0.15, 0.2) is 0 Å². The summed E-state index contributed by atoms with van der Waals surface area (Å²) >= 11 is 0. The first kappa shape index (κ1) is 32.4. The summed E-state index contributed by atoms with van der Waals surface area (Å²) in [7, 11) is -4.38. The Labute approximate surface area is 259 Å². The van der Waals surface area contributed by atoms with E-state index in [1.54, 1.807) is 12.1 Å². The predicted octanol–water partition coefficient (Wildman–Crippen LogP) is 5.74. The lowest BCUT2D eigenvalue weighted by Crippen LogP contribution is -2.53. The van der Waals surface area contributed by atoms with Gasteiger partial charge in [-0.15, -0.1) is 0 Å². The number of nitrogens with one attached hydrogen (secondary N) is 1. The number of hydrogen-bond donors (Lipinski definition) is 1. The summed E-state index contributed by atoms with van der Waals surface area (Å²) in [5, 5.41) is 2.95. The highest BCUT2D eigenvalue weighted by molar-refractivity contribution is 7.92. The van der Waals surface area contributed by atoms with Crippen molar-refractivity contribution in [3.63, 3.8) is 0 Å². The average Bonchev–Trinajstić information content (AvgIpc) is 3.02. The third-order valence-corrected chi connectivity index (χ3v) is 8.93. The number of carbonyl (C=O) groups excluding carboxylic acids is 2. The van der Waals surface area contributed by atoms with Crippen molar-refractivity contribution in [3.05, 3.63) is 132 Å². The van der Waals surface area contributed by atoms with E-state index in [1.165, 1.54) is 35.2 Å². The fourth-order valence-corrected chi connectivity index (χ4v) is 6.18. The van der Waals surface area contributed by atoms with E-state index in [9.17, 15) is 18.0 Å². The number of nitrogens with zero attached hydrogens (tertiary/aromatic N) is 2. The van der Waals surface area contributed by atoms with Crippen molar-refractivity contribution in [1.29, 1.82) is 0 Å². The van der Waals surface area contributed by atoms with Crippen LogP contribution in [0.2, 0.25) is 0 Å². The molecule has 0 fully saturated rings. The van der Waals surface area contributed by atoms with Gasteiger partial charge in [0.25, 0.3) is 10.0 Å². The largest absolute Gasteiger partial charge is 0.354 e. The molecule has 0 heterocycles. The van der Waals surface area contributed by atoms with Gasteiger partial charge in [-0.3, -0.25) is 13.9 Å². The monoisotopic (exact) mass is 615 g/mol. The molecule has 230 valence electrons. The Bertz CT molecular complexity index is 1650. The van der Waals surface area contributed by atoms with Crippen LogP contribution in [0.25, 0.3) is 0 Å². The van der Waals surface area contributed by atoms with Crippen LogP contribution < -0.4 is 9.62 Å². The Morgan fingerprint density at radius 3 is 1.95 bits per heavy atom. The van der Waals surface area contributed by atoms with Gasteiger partial charge in [-0.1, -0.05) is 104 Å². The van der Waals surface area contributed by atoms with Crippen LogP contribution in [0.1, 0.15) is 30.5 Å². The van der Waals surface area contributed by atoms with Gasteiger partial charge in [-0.25, -0.2) is 12.8 Å². The molecule has 9 heteroatoms. The molecule has 4 rings (SSSR count). The highest BCUT2D eigenvalue weighted by atomic mass is 32.2. The molecule has 0 unspecified atom stereocenters. The molecule has 0 saturated carbocycles. The Balaban J connectivity index is 1.79. The molecule has 0 aromatic heterocycles. The Morgan fingerprint density at radius 1 is 0.795 bits per heavy atom. The van der Waals surface area contributed by atoms with E-state index in [2.05, 4.69) is 5.32 Å². The number of para-hydroxylation sites is 1. The van der Waals surface area contributed by atoms with Gasteiger partial charge in [0.2, 0.25) is 11.8 Å². The molecule has 0 spiro atoms. The third-order valence-electron chi connectivity index (χ3n) is 7.16. The summed E-state index contributed by atoms with van der Waals surface area (Å²) in [4.78, 5) is 29.4. The smallest absolute Gasteiger partial charge is 0.264 e. The van der Waals surface area contributed by atoms with Crippen LogP contribution in [-0.2, 0) is 32.6 Å². The van der Waals surface area contributed by atoms with E-state index < -0.39 is 34.3 Å². The summed E-state index contributed by atoms with van der Waals surface area (Å²) in [6.07, 6.45) is 0.202. The normalized spacial score (nSPS) is 12.0. The number of hydrogen-bond acceptors (Lipinski definition) is 4. The highest BCUT2D eigenvalue weighted by Gasteiger charge is 2.35. The van der Waals surface area contributed by atoms with Crippen LogP contribution in [0.15, 0.2) is 114 Å². The molecular formula is C35H38FN3O4S. The Kier molecular flexibility index (Phi) is 10.9. The minimum atomic E-state index is -4.38. The van der Waals surface area contributed by atoms with E-state index in [0.29, 0.717) is 6.54 Å². The van der Waals surface area contributed by atoms with E-state index in [0.717, 1.165) is 27.1 Å². The molecule has 4 aromatic rings. The lowest BCUT2D eigenvalue weighted by Gasteiger charge is -2.34. The lowest BCUT2D eigenvalue weighted by atomic mass is 10.0. The topological polar surface area (TPSA) is 86.8 Å². The van der Waals surface area contributed by atoms with Gasteiger partial charge < -0.3 is 10.2 Å². The van der Waals surface area contributed by atoms with E-state index in [1.807, 2.05) is 81.4 Å². The number of rotatable bonds is 13. The second-order valence-corrected chi connectivity index (χ2v) is 13.0. The van der Waals surface area contributed by atoms with Crippen LogP contribution >= 0.6 is 0 Å². The Hall–Kier alpha value is -4.50. The maximum absolute atomic E-state index is 15.2. The number of carbonyl (C=O) groups is 2. The second kappa shape index (κ2) is 14.8. The Morgan fingerprint density at radius 2 is 1.36 bits per heavy atom. The predicted molar refractivity (Wildman–Crippen MR) is 171 cm³/mol. The number of halogens is 1. The summed E-state index contributed by atoms with van der Waals surface area (Å²) < 4.78 is 44.0. The van der Waals surface area contributed by atoms with Crippen molar-refractivity contribution in [2.24, 2.45) is 5.92 Å². The van der Waals surface area contributed by atoms with Crippen molar-refractivity contribution in [1.82, 2.24) is 10.2 Å². The number of amides is 2. The summed E-state index contributed by atoms with van der Waals surface area (Å²) in [5.41, 5.74) is 2.18.